The molecule has 1 aliphatic rings. The normalized spacial score (nSPS) is 20.7. The molecule has 1 aromatic rings. The number of rotatable bonds is 4. The van der Waals surface area contributed by atoms with E-state index >= 15 is 0 Å². The van der Waals surface area contributed by atoms with Gasteiger partial charge in [0.1, 0.15) is 17.5 Å². The monoisotopic (exact) mass is 322 g/mol. The van der Waals surface area contributed by atoms with Crippen molar-refractivity contribution in [2.75, 3.05) is 19.6 Å². The lowest BCUT2D eigenvalue weighted by atomic mass is 9.96. The van der Waals surface area contributed by atoms with Crippen LogP contribution in [0.4, 0.5) is 13.2 Å². The first kappa shape index (κ1) is 16.3. The van der Waals surface area contributed by atoms with Gasteiger partial charge in [0, 0.05) is 25.2 Å². The van der Waals surface area contributed by atoms with E-state index in [2.05, 4.69) is 0 Å². The van der Waals surface area contributed by atoms with Crippen molar-refractivity contribution in [3.05, 3.63) is 29.6 Å². The first-order valence-corrected chi connectivity index (χ1v) is 8.15. The molecule has 0 spiro atoms. The van der Waals surface area contributed by atoms with Gasteiger partial charge in [-0.2, -0.15) is 4.31 Å². The largest absolute Gasteiger partial charge is 0.330 e. The summed E-state index contributed by atoms with van der Waals surface area (Å²) < 4.78 is 66.1. The van der Waals surface area contributed by atoms with E-state index in [9.17, 15) is 21.6 Å². The fraction of sp³-hybridized carbons (Fsp3) is 0.538. The Morgan fingerprint density at radius 1 is 1.24 bits per heavy atom. The number of halogens is 3. The van der Waals surface area contributed by atoms with E-state index in [-0.39, 0.29) is 19.0 Å². The summed E-state index contributed by atoms with van der Waals surface area (Å²) in [5.74, 6) is -3.89. The van der Waals surface area contributed by atoms with Gasteiger partial charge in [-0.1, -0.05) is 0 Å². The molecule has 1 aliphatic heterocycles. The van der Waals surface area contributed by atoms with Crippen molar-refractivity contribution in [1.82, 2.24) is 4.31 Å². The standard InChI is InChI=1S/C13H17F3N2O2S/c14-10-6-11(15)13(12(16)7-10)21(19,20)18-5-1-2-9(8-18)3-4-17/h6-7,9H,1-5,8,17H2. The molecule has 2 rings (SSSR count). The molecule has 0 aromatic heterocycles. The molecular formula is C13H17F3N2O2S. The van der Waals surface area contributed by atoms with E-state index in [1.54, 1.807) is 0 Å². The van der Waals surface area contributed by atoms with Gasteiger partial charge in [0.15, 0.2) is 4.90 Å². The number of sulfonamides is 1. The molecule has 0 saturated carbocycles. The summed E-state index contributed by atoms with van der Waals surface area (Å²) in [4.78, 5) is -1.09. The van der Waals surface area contributed by atoms with Crippen molar-refractivity contribution in [2.45, 2.75) is 24.2 Å². The minimum atomic E-state index is -4.32. The quantitative estimate of drug-likeness (QED) is 0.920. The van der Waals surface area contributed by atoms with Crippen molar-refractivity contribution in [1.29, 1.82) is 0 Å². The second kappa shape index (κ2) is 6.33. The lowest BCUT2D eigenvalue weighted by Crippen LogP contribution is -2.41. The SMILES string of the molecule is NCCC1CCCN(S(=O)(=O)c2c(F)cc(F)cc2F)C1. The van der Waals surface area contributed by atoms with E-state index in [0.717, 1.165) is 10.7 Å². The van der Waals surface area contributed by atoms with Gasteiger partial charge in [-0.05, 0) is 31.7 Å². The maximum Gasteiger partial charge on any atom is 0.248 e. The molecule has 0 bridgehead atoms. The van der Waals surface area contributed by atoms with Crippen LogP contribution in [0.3, 0.4) is 0 Å². The van der Waals surface area contributed by atoms with Crippen molar-refractivity contribution < 1.29 is 21.6 Å². The summed E-state index contributed by atoms with van der Waals surface area (Å²) in [6, 6.07) is 0.745. The van der Waals surface area contributed by atoms with E-state index in [1.165, 1.54) is 0 Å². The van der Waals surface area contributed by atoms with E-state index in [1.807, 2.05) is 0 Å². The van der Waals surface area contributed by atoms with Gasteiger partial charge in [-0.3, -0.25) is 0 Å². The summed E-state index contributed by atoms with van der Waals surface area (Å²) in [6.07, 6.45) is 2.09. The van der Waals surface area contributed by atoms with E-state index < -0.39 is 32.4 Å². The zero-order valence-electron chi connectivity index (χ0n) is 11.4. The van der Waals surface area contributed by atoms with Crippen molar-refractivity contribution >= 4 is 10.0 Å². The minimum absolute atomic E-state index is 0.0742. The van der Waals surface area contributed by atoms with Crippen molar-refractivity contribution in [3.8, 4) is 0 Å². The highest BCUT2D eigenvalue weighted by atomic mass is 32.2. The van der Waals surface area contributed by atoms with Crippen LogP contribution in [0.25, 0.3) is 0 Å². The molecule has 4 nitrogen and oxygen atoms in total. The maximum absolute atomic E-state index is 13.7. The van der Waals surface area contributed by atoms with Gasteiger partial charge in [0.05, 0.1) is 0 Å². The Morgan fingerprint density at radius 3 is 2.43 bits per heavy atom. The Hall–Kier alpha value is -1.12. The Morgan fingerprint density at radius 2 is 1.86 bits per heavy atom. The highest BCUT2D eigenvalue weighted by molar-refractivity contribution is 7.89. The number of nitrogens with two attached hydrogens (primary N) is 1. The van der Waals surface area contributed by atoms with Crippen LogP contribution < -0.4 is 5.73 Å². The molecule has 118 valence electrons. The average molecular weight is 322 g/mol. The molecule has 2 N–H and O–H groups in total. The van der Waals surface area contributed by atoms with Crippen LogP contribution >= 0.6 is 0 Å². The number of piperidine rings is 1. The van der Waals surface area contributed by atoms with Crippen LogP contribution in [-0.4, -0.2) is 32.4 Å². The molecule has 1 saturated heterocycles. The summed E-state index contributed by atoms with van der Waals surface area (Å²) in [7, 11) is -4.32. The topological polar surface area (TPSA) is 63.4 Å². The maximum atomic E-state index is 13.7. The van der Waals surface area contributed by atoms with E-state index in [4.69, 9.17) is 5.73 Å². The zero-order valence-corrected chi connectivity index (χ0v) is 12.2. The lowest BCUT2D eigenvalue weighted by molar-refractivity contribution is 0.256. The highest BCUT2D eigenvalue weighted by Crippen LogP contribution is 2.28. The summed E-state index contributed by atoms with van der Waals surface area (Å²) in [5.41, 5.74) is 5.46. The minimum Gasteiger partial charge on any atom is -0.330 e. The Kier molecular flexibility index (Phi) is 4.90. The molecule has 1 fully saturated rings. The first-order valence-electron chi connectivity index (χ1n) is 6.71. The van der Waals surface area contributed by atoms with Crippen molar-refractivity contribution in [2.24, 2.45) is 11.7 Å². The number of hydrogen-bond donors (Lipinski definition) is 1. The molecule has 1 aromatic carbocycles. The molecule has 8 heteroatoms. The Bertz CT molecular complexity index is 597. The molecule has 0 radical (unpaired) electrons. The Balaban J connectivity index is 2.34. The zero-order chi connectivity index (χ0) is 15.6. The smallest absolute Gasteiger partial charge is 0.248 e. The van der Waals surface area contributed by atoms with Crippen LogP contribution in [-0.2, 0) is 10.0 Å². The van der Waals surface area contributed by atoms with Crippen LogP contribution in [0, 0.1) is 23.4 Å². The van der Waals surface area contributed by atoms with Gasteiger partial charge < -0.3 is 5.73 Å². The molecule has 1 unspecified atom stereocenters. The third-order valence-electron chi connectivity index (χ3n) is 3.62. The molecule has 0 aliphatic carbocycles. The van der Waals surface area contributed by atoms with Crippen LogP contribution in [0.1, 0.15) is 19.3 Å². The summed E-state index contributed by atoms with van der Waals surface area (Å²) in [5, 5.41) is 0. The predicted molar refractivity (Wildman–Crippen MR) is 71.5 cm³/mol. The van der Waals surface area contributed by atoms with Gasteiger partial charge in [-0.25, -0.2) is 21.6 Å². The Labute approximate surface area is 121 Å². The number of benzene rings is 1. The fourth-order valence-corrected chi connectivity index (χ4v) is 4.27. The lowest BCUT2D eigenvalue weighted by Gasteiger charge is -2.31. The van der Waals surface area contributed by atoms with Crippen molar-refractivity contribution in [3.63, 3.8) is 0 Å². The predicted octanol–water partition coefficient (Wildman–Crippen LogP) is 1.85. The average Bonchev–Trinajstić information content (AvgIpc) is 2.37. The molecule has 1 heterocycles. The first-order chi connectivity index (χ1) is 9.86. The van der Waals surface area contributed by atoms with Gasteiger partial charge in [0.2, 0.25) is 10.0 Å². The van der Waals surface area contributed by atoms with E-state index in [0.29, 0.717) is 31.5 Å². The molecule has 1 atom stereocenters. The molecule has 0 amide bonds. The number of nitrogens with zero attached hydrogens (tertiary/aromatic N) is 1. The van der Waals surface area contributed by atoms with Gasteiger partial charge in [-0.15, -0.1) is 0 Å². The third-order valence-corrected chi connectivity index (χ3v) is 5.53. The number of hydrogen-bond acceptors (Lipinski definition) is 3. The summed E-state index contributed by atoms with van der Waals surface area (Å²) in [6.45, 7) is 0.799. The van der Waals surface area contributed by atoms with Gasteiger partial charge >= 0.3 is 0 Å². The van der Waals surface area contributed by atoms with Crippen LogP contribution in [0.15, 0.2) is 17.0 Å². The highest BCUT2D eigenvalue weighted by Gasteiger charge is 2.34. The second-order valence-corrected chi connectivity index (χ2v) is 7.02. The van der Waals surface area contributed by atoms with Crippen LogP contribution in [0.5, 0.6) is 0 Å². The van der Waals surface area contributed by atoms with Crippen LogP contribution in [0.2, 0.25) is 0 Å². The molecule has 21 heavy (non-hydrogen) atoms. The second-order valence-electron chi connectivity index (χ2n) is 5.15. The third kappa shape index (κ3) is 3.38. The van der Waals surface area contributed by atoms with Gasteiger partial charge in [0.25, 0.3) is 0 Å². The fourth-order valence-electron chi connectivity index (χ4n) is 2.62. The molecular weight excluding hydrogens is 305 g/mol. The summed E-state index contributed by atoms with van der Waals surface area (Å²) >= 11 is 0.